The molecule has 106 valence electrons. The summed E-state index contributed by atoms with van der Waals surface area (Å²) in [7, 11) is 0. The second-order valence-corrected chi connectivity index (χ2v) is 5.10. The SMILES string of the molecule is N#Cc1cc(F)cc(-c2nc(Cl)nc(N3CCCC3)n2)c1. The van der Waals surface area contributed by atoms with Gasteiger partial charge in [-0.1, -0.05) is 0 Å². The Bertz CT molecular complexity index is 722. The Balaban J connectivity index is 2.06. The van der Waals surface area contributed by atoms with E-state index in [4.69, 9.17) is 16.9 Å². The first-order valence-corrected chi connectivity index (χ1v) is 6.91. The molecule has 0 radical (unpaired) electrons. The fourth-order valence-corrected chi connectivity index (χ4v) is 2.47. The molecule has 0 bridgehead atoms. The lowest BCUT2D eigenvalue weighted by Gasteiger charge is -2.15. The van der Waals surface area contributed by atoms with Crippen molar-refractivity contribution in [2.45, 2.75) is 12.8 Å². The predicted octanol–water partition coefficient (Wildman–Crippen LogP) is 2.80. The molecule has 1 fully saturated rings. The first-order chi connectivity index (χ1) is 10.2. The van der Waals surface area contributed by atoms with E-state index in [1.807, 2.05) is 11.0 Å². The van der Waals surface area contributed by atoms with Crippen LogP contribution >= 0.6 is 11.6 Å². The van der Waals surface area contributed by atoms with Crippen LogP contribution in [-0.2, 0) is 0 Å². The number of hydrogen-bond donors (Lipinski definition) is 0. The van der Waals surface area contributed by atoms with Crippen LogP contribution in [0.5, 0.6) is 0 Å². The normalized spacial score (nSPS) is 14.2. The molecule has 1 aromatic heterocycles. The maximum absolute atomic E-state index is 13.5. The van der Waals surface area contributed by atoms with Crippen LogP contribution in [0.3, 0.4) is 0 Å². The van der Waals surface area contributed by atoms with Crippen molar-refractivity contribution in [1.82, 2.24) is 15.0 Å². The summed E-state index contributed by atoms with van der Waals surface area (Å²) >= 11 is 5.94. The minimum absolute atomic E-state index is 0.0599. The van der Waals surface area contributed by atoms with Crippen LogP contribution < -0.4 is 4.90 Å². The molecule has 7 heteroatoms. The molecule has 0 spiro atoms. The first kappa shape index (κ1) is 13.7. The molecule has 1 aliphatic rings. The predicted molar refractivity (Wildman–Crippen MR) is 76.4 cm³/mol. The highest BCUT2D eigenvalue weighted by molar-refractivity contribution is 6.28. The van der Waals surface area contributed by atoms with Gasteiger partial charge in [0.1, 0.15) is 5.82 Å². The van der Waals surface area contributed by atoms with Gasteiger partial charge < -0.3 is 4.90 Å². The topological polar surface area (TPSA) is 65.7 Å². The van der Waals surface area contributed by atoms with Crippen molar-refractivity contribution < 1.29 is 4.39 Å². The number of halogens is 2. The third kappa shape index (κ3) is 2.93. The summed E-state index contributed by atoms with van der Waals surface area (Å²) in [6.07, 6.45) is 2.16. The number of rotatable bonds is 2. The largest absolute Gasteiger partial charge is 0.341 e. The van der Waals surface area contributed by atoms with Crippen molar-refractivity contribution >= 4 is 17.5 Å². The highest BCUT2D eigenvalue weighted by atomic mass is 35.5. The van der Waals surface area contributed by atoms with E-state index in [9.17, 15) is 4.39 Å². The molecule has 1 saturated heterocycles. The van der Waals surface area contributed by atoms with Crippen LogP contribution in [0.25, 0.3) is 11.4 Å². The number of aromatic nitrogens is 3. The Hall–Kier alpha value is -2.26. The Morgan fingerprint density at radius 2 is 1.90 bits per heavy atom. The van der Waals surface area contributed by atoms with Crippen LogP contribution in [-0.4, -0.2) is 28.0 Å². The van der Waals surface area contributed by atoms with E-state index in [1.165, 1.54) is 12.1 Å². The second kappa shape index (κ2) is 5.62. The minimum atomic E-state index is -0.511. The molecule has 0 unspecified atom stereocenters. The van der Waals surface area contributed by atoms with Crippen molar-refractivity contribution in [2.75, 3.05) is 18.0 Å². The van der Waals surface area contributed by atoms with Crippen LogP contribution in [0.1, 0.15) is 18.4 Å². The summed E-state index contributed by atoms with van der Waals surface area (Å²) in [5.41, 5.74) is 0.626. The maximum atomic E-state index is 13.5. The molecule has 2 heterocycles. The fraction of sp³-hybridized carbons (Fsp3) is 0.286. The number of anilines is 1. The second-order valence-electron chi connectivity index (χ2n) is 4.76. The van der Waals surface area contributed by atoms with E-state index in [0.29, 0.717) is 11.5 Å². The zero-order valence-electron chi connectivity index (χ0n) is 11.1. The Kier molecular flexibility index (Phi) is 3.67. The highest BCUT2D eigenvalue weighted by Crippen LogP contribution is 2.23. The monoisotopic (exact) mass is 303 g/mol. The summed E-state index contributed by atoms with van der Waals surface area (Å²) in [5, 5.41) is 8.97. The maximum Gasteiger partial charge on any atom is 0.230 e. The molecule has 0 amide bonds. The lowest BCUT2D eigenvalue weighted by atomic mass is 10.1. The van der Waals surface area contributed by atoms with E-state index in [2.05, 4.69) is 15.0 Å². The van der Waals surface area contributed by atoms with Gasteiger partial charge in [-0.3, -0.25) is 0 Å². The van der Waals surface area contributed by atoms with Gasteiger partial charge >= 0.3 is 0 Å². The third-order valence-electron chi connectivity index (χ3n) is 3.27. The molecular formula is C14H11ClFN5. The van der Waals surface area contributed by atoms with Gasteiger partial charge in [0.2, 0.25) is 11.2 Å². The van der Waals surface area contributed by atoms with Gasteiger partial charge in [0.05, 0.1) is 11.6 Å². The molecular weight excluding hydrogens is 293 g/mol. The molecule has 5 nitrogen and oxygen atoms in total. The average molecular weight is 304 g/mol. The standard InChI is InChI=1S/C14H11ClFN5/c15-13-18-12(10-5-9(8-17)6-11(16)7-10)19-14(20-13)21-3-1-2-4-21/h5-7H,1-4H2. The Morgan fingerprint density at radius 3 is 2.62 bits per heavy atom. The summed E-state index contributed by atoms with van der Waals surface area (Å²) < 4.78 is 13.5. The van der Waals surface area contributed by atoms with E-state index in [0.717, 1.165) is 32.0 Å². The van der Waals surface area contributed by atoms with E-state index < -0.39 is 5.82 Å². The zero-order chi connectivity index (χ0) is 14.8. The van der Waals surface area contributed by atoms with Gasteiger partial charge in [0.15, 0.2) is 5.82 Å². The van der Waals surface area contributed by atoms with E-state index in [1.54, 1.807) is 0 Å². The molecule has 1 aliphatic heterocycles. The molecule has 1 aromatic carbocycles. The molecule has 0 saturated carbocycles. The lowest BCUT2D eigenvalue weighted by molar-refractivity contribution is 0.627. The van der Waals surface area contributed by atoms with Crippen molar-refractivity contribution in [3.05, 3.63) is 34.9 Å². The van der Waals surface area contributed by atoms with Crippen LogP contribution in [0.15, 0.2) is 18.2 Å². The zero-order valence-corrected chi connectivity index (χ0v) is 11.8. The number of nitrogens with zero attached hydrogens (tertiary/aromatic N) is 5. The van der Waals surface area contributed by atoms with Gasteiger partial charge in [0, 0.05) is 18.7 Å². The minimum Gasteiger partial charge on any atom is -0.341 e. The van der Waals surface area contributed by atoms with Crippen LogP contribution in [0.4, 0.5) is 10.3 Å². The Morgan fingerprint density at radius 1 is 1.14 bits per heavy atom. The Labute approximate surface area is 126 Å². The van der Waals surface area contributed by atoms with Gasteiger partial charge in [-0.2, -0.15) is 20.2 Å². The average Bonchev–Trinajstić information content (AvgIpc) is 3.00. The fourth-order valence-electron chi connectivity index (χ4n) is 2.31. The summed E-state index contributed by atoms with van der Waals surface area (Å²) in [6.45, 7) is 1.73. The summed E-state index contributed by atoms with van der Waals surface area (Å²) in [4.78, 5) is 14.5. The smallest absolute Gasteiger partial charge is 0.230 e. The van der Waals surface area contributed by atoms with Crippen LogP contribution in [0, 0.1) is 17.1 Å². The van der Waals surface area contributed by atoms with E-state index >= 15 is 0 Å². The van der Waals surface area contributed by atoms with Crippen LogP contribution in [0.2, 0.25) is 5.28 Å². The van der Waals surface area contributed by atoms with Crippen molar-refractivity contribution in [3.63, 3.8) is 0 Å². The lowest BCUT2D eigenvalue weighted by Crippen LogP contribution is -2.21. The van der Waals surface area contributed by atoms with Crippen molar-refractivity contribution in [2.24, 2.45) is 0 Å². The summed E-state index contributed by atoms with van der Waals surface area (Å²) in [5.74, 6) is 0.251. The number of nitriles is 1. The van der Waals surface area contributed by atoms with Gasteiger partial charge in [0.25, 0.3) is 0 Å². The molecule has 0 aliphatic carbocycles. The van der Waals surface area contributed by atoms with Gasteiger partial charge in [-0.25, -0.2) is 4.39 Å². The molecule has 0 N–H and O–H groups in total. The third-order valence-corrected chi connectivity index (χ3v) is 3.44. The van der Waals surface area contributed by atoms with Gasteiger partial charge in [-0.05, 0) is 42.6 Å². The first-order valence-electron chi connectivity index (χ1n) is 6.53. The van der Waals surface area contributed by atoms with Crippen molar-refractivity contribution in [1.29, 1.82) is 5.26 Å². The highest BCUT2D eigenvalue weighted by Gasteiger charge is 2.18. The van der Waals surface area contributed by atoms with Gasteiger partial charge in [-0.15, -0.1) is 0 Å². The molecule has 2 aromatic rings. The molecule has 3 rings (SSSR count). The number of benzene rings is 1. The summed E-state index contributed by atoms with van der Waals surface area (Å²) in [6, 6.07) is 5.88. The molecule has 21 heavy (non-hydrogen) atoms. The quantitative estimate of drug-likeness (QED) is 0.853. The number of hydrogen-bond acceptors (Lipinski definition) is 5. The molecule has 0 atom stereocenters. The van der Waals surface area contributed by atoms with E-state index in [-0.39, 0.29) is 16.7 Å². The van der Waals surface area contributed by atoms with Crippen molar-refractivity contribution in [3.8, 4) is 17.5 Å².